The van der Waals surface area contributed by atoms with Gasteiger partial charge in [0.05, 0.1) is 17.0 Å². The maximum absolute atomic E-state index is 14.6. The number of nitrogens with one attached hydrogen (secondary N) is 1. The van der Waals surface area contributed by atoms with Crippen molar-refractivity contribution in [3.05, 3.63) is 69.3 Å². The molecule has 160 valence electrons. The Morgan fingerprint density at radius 3 is 2.65 bits per heavy atom. The Morgan fingerprint density at radius 1 is 1.13 bits per heavy atom. The molecule has 2 aliphatic rings. The molecule has 0 radical (unpaired) electrons. The number of H-pyrrole nitrogens is 1. The molecule has 6 nitrogen and oxygen atoms in total. The van der Waals surface area contributed by atoms with Crippen molar-refractivity contribution in [3.63, 3.8) is 0 Å². The van der Waals surface area contributed by atoms with Gasteiger partial charge < -0.3 is 15.5 Å². The number of carbonyl (C=O) groups excluding carboxylic acids is 1. The molecule has 3 aromatic rings. The van der Waals surface area contributed by atoms with E-state index in [0.717, 1.165) is 38.2 Å². The molecule has 2 fully saturated rings. The van der Waals surface area contributed by atoms with Crippen LogP contribution in [-0.4, -0.2) is 22.0 Å². The Balaban J connectivity index is 1.59. The molecular weight excluding hydrogens is 404 g/mol. The van der Waals surface area contributed by atoms with Crippen LogP contribution in [0.4, 0.5) is 8.78 Å². The third-order valence-electron chi connectivity index (χ3n) is 6.20. The van der Waals surface area contributed by atoms with E-state index in [1.807, 2.05) is 0 Å². The first-order valence-electron chi connectivity index (χ1n) is 10.4. The summed E-state index contributed by atoms with van der Waals surface area (Å²) in [7, 11) is 0. The van der Waals surface area contributed by atoms with Crippen LogP contribution in [0.5, 0.6) is 5.75 Å². The van der Waals surface area contributed by atoms with E-state index < -0.39 is 17.5 Å². The largest absolute Gasteiger partial charge is 0.487 e. The first-order chi connectivity index (χ1) is 14.9. The minimum Gasteiger partial charge on any atom is -0.487 e. The average molecular weight is 425 g/mol. The van der Waals surface area contributed by atoms with E-state index in [0.29, 0.717) is 16.8 Å². The highest BCUT2D eigenvalue weighted by Gasteiger charge is 2.36. The second-order valence-electron chi connectivity index (χ2n) is 8.28. The Labute approximate surface area is 176 Å². The molecule has 0 spiro atoms. The third kappa shape index (κ3) is 3.45. The van der Waals surface area contributed by atoms with Crippen LogP contribution in [0.15, 0.2) is 35.3 Å². The van der Waals surface area contributed by atoms with E-state index in [1.54, 1.807) is 12.1 Å². The summed E-state index contributed by atoms with van der Waals surface area (Å²) in [6.07, 6.45) is 5.43. The number of hydrogen-bond donors (Lipinski definition) is 2. The van der Waals surface area contributed by atoms with Crippen molar-refractivity contribution < 1.29 is 18.3 Å². The minimum absolute atomic E-state index is 0.0113. The highest BCUT2D eigenvalue weighted by atomic mass is 19.2. The maximum Gasteiger partial charge on any atom is 0.268 e. The first-order valence-corrected chi connectivity index (χ1v) is 10.4. The molecule has 2 saturated carbocycles. The number of halogens is 2. The molecule has 0 aliphatic heterocycles. The number of nitrogens with two attached hydrogens (primary N) is 1. The number of hydrogen-bond acceptors (Lipinski definition) is 4. The predicted octanol–water partition coefficient (Wildman–Crippen LogP) is 3.89. The lowest BCUT2D eigenvalue weighted by molar-refractivity contribution is 0.0997. The summed E-state index contributed by atoms with van der Waals surface area (Å²) >= 11 is 0. The van der Waals surface area contributed by atoms with Gasteiger partial charge in [-0.25, -0.2) is 4.39 Å². The summed E-state index contributed by atoms with van der Waals surface area (Å²) in [5, 5.41) is 0.152. The van der Waals surface area contributed by atoms with Crippen LogP contribution < -0.4 is 15.9 Å². The maximum atomic E-state index is 14.6. The zero-order chi connectivity index (χ0) is 21.7. The van der Waals surface area contributed by atoms with Crippen molar-refractivity contribution >= 4 is 16.8 Å². The van der Waals surface area contributed by atoms with Crippen molar-refractivity contribution in [1.82, 2.24) is 9.97 Å². The number of benzene rings is 1. The molecule has 31 heavy (non-hydrogen) atoms. The highest BCUT2D eigenvalue weighted by Crippen LogP contribution is 2.49. The normalized spacial score (nSPS) is 20.8. The van der Waals surface area contributed by atoms with Gasteiger partial charge in [0.25, 0.3) is 5.91 Å². The summed E-state index contributed by atoms with van der Waals surface area (Å²) < 4.78 is 34.3. The molecule has 5 rings (SSSR count). The molecular formula is C23H21F2N3O3. The molecule has 0 bridgehead atoms. The standard InChI is InChI=1S/C23H21F2N3O3/c24-15-7-6-14(22(20(15)25)31-11-4-5-11)12-2-1-3-13(12)17-10-18(29)19-16(28-17)8-9-27-21(19)23(26)30/h6-13H,1-5H2,(H2,26,30)(H,28,29). The van der Waals surface area contributed by atoms with E-state index in [2.05, 4.69) is 9.97 Å². The smallest absolute Gasteiger partial charge is 0.268 e. The summed E-state index contributed by atoms with van der Waals surface area (Å²) in [6, 6.07) is 5.80. The monoisotopic (exact) mass is 425 g/mol. The summed E-state index contributed by atoms with van der Waals surface area (Å²) in [4.78, 5) is 31.7. The molecule has 2 unspecified atom stereocenters. The van der Waals surface area contributed by atoms with E-state index >= 15 is 0 Å². The summed E-state index contributed by atoms with van der Waals surface area (Å²) in [5.74, 6) is -2.91. The fourth-order valence-corrected chi connectivity index (χ4v) is 4.62. The van der Waals surface area contributed by atoms with Crippen LogP contribution in [0.25, 0.3) is 10.9 Å². The molecule has 2 atom stereocenters. The zero-order valence-electron chi connectivity index (χ0n) is 16.7. The van der Waals surface area contributed by atoms with Crippen LogP contribution in [0.3, 0.4) is 0 Å². The van der Waals surface area contributed by atoms with Gasteiger partial charge in [-0.1, -0.05) is 12.5 Å². The van der Waals surface area contributed by atoms with Gasteiger partial charge in [-0.2, -0.15) is 4.39 Å². The van der Waals surface area contributed by atoms with Crippen molar-refractivity contribution in [2.75, 3.05) is 0 Å². The number of pyridine rings is 2. The van der Waals surface area contributed by atoms with Gasteiger partial charge in [-0.3, -0.25) is 14.6 Å². The summed E-state index contributed by atoms with van der Waals surface area (Å²) in [6.45, 7) is 0. The second-order valence-corrected chi connectivity index (χ2v) is 8.28. The van der Waals surface area contributed by atoms with Crippen molar-refractivity contribution in [1.29, 1.82) is 0 Å². The molecule has 0 saturated heterocycles. The van der Waals surface area contributed by atoms with Gasteiger partial charge in [0, 0.05) is 29.4 Å². The molecule has 1 amide bonds. The zero-order valence-corrected chi connectivity index (χ0v) is 16.7. The van der Waals surface area contributed by atoms with Gasteiger partial charge in [0.1, 0.15) is 5.69 Å². The highest BCUT2D eigenvalue weighted by molar-refractivity contribution is 6.03. The number of aromatic nitrogens is 2. The number of fused-ring (bicyclic) bond motifs is 1. The number of amides is 1. The van der Waals surface area contributed by atoms with E-state index in [9.17, 15) is 18.4 Å². The van der Waals surface area contributed by atoms with Crippen LogP contribution in [0, 0.1) is 11.6 Å². The minimum atomic E-state index is -0.959. The van der Waals surface area contributed by atoms with Gasteiger partial charge in [-0.05, 0) is 43.7 Å². The SMILES string of the molecule is NC(=O)c1nccc2[nH]c(C3CCCC3c3ccc(F)c(F)c3OC3CC3)cc(=O)c12. The molecule has 2 aromatic heterocycles. The van der Waals surface area contributed by atoms with Crippen LogP contribution in [0.1, 0.15) is 65.7 Å². The molecule has 2 aliphatic carbocycles. The summed E-state index contributed by atoms with van der Waals surface area (Å²) in [5.41, 5.74) is 6.71. The van der Waals surface area contributed by atoms with E-state index in [4.69, 9.17) is 10.5 Å². The number of nitrogens with zero attached hydrogens (tertiary/aromatic N) is 1. The van der Waals surface area contributed by atoms with Gasteiger partial charge in [-0.15, -0.1) is 0 Å². The van der Waals surface area contributed by atoms with Crippen molar-refractivity contribution in [2.45, 2.75) is 50.0 Å². The van der Waals surface area contributed by atoms with Crippen LogP contribution in [-0.2, 0) is 0 Å². The molecule has 2 heterocycles. The second kappa shape index (κ2) is 7.44. The lowest BCUT2D eigenvalue weighted by Gasteiger charge is -2.23. The third-order valence-corrected chi connectivity index (χ3v) is 6.20. The molecule has 1 aromatic carbocycles. The number of ether oxygens (including phenoxy) is 1. The first kappa shape index (κ1) is 19.7. The number of carbonyl (C=O) groups is 1. The Hall–Kier alpha value is -3.29. The number of aromatic amines is 1. The quantitative estimate of drug-likeness (QED) is 0.648. The molecule has 8 heteroatoms. The molecule has 3 N–H and O–H groups in total. The fourth-order valence-electron chi connectivity index (χ4n) is 4.62. The lowest BCUT2D eigenvalue weighted by Crippen LogP contribution is -2.19. The number of rotatable bonds is 5. The van der Waals surface area contributed by atoms with E-state index in [-0.39, 0.29) is 40.2 Å². The van der Waals surface area contributed by atoms with Gasteiger partial charge in [0.2, 0.25) is 5.82 Å². The Bertz CT molecular complexity index is 1250. The topological polar surface area (TPSA) is 98.1 Å². The van der Waals surface area contributed by atoms with Crippen molar-refractivity contribution in [3.8, 4) is 5.75 Å². The van der Waals surface area contributed by atoms with Gasteiger partial charge in [0.15, 0.2) is 17.0 Å². The van der Waals surface area contributed by atoms with Crippen LogP contribution >= 0.6 is 0 Å². The fraction of sp³-hybridized carbons (Fsp3) is 0.348. The van der Waals surface area contributed by atoms with Crippen LogP contribution in [0.2, 0.25) is 0 Å². The Morgan fingerprint density at radius 2 is 1.90 bits per heavy atom. The Kier molecular flexibility index (Phi) is 4.72. The van der Waals surface area contributed by atoms with Crippen molar-refractivity contribution in [2.24, 2.45) is 5.73 Å². The van der Waals surface area contributed by atoms with E-state index in [1.165, 1.54) is 12.3 Å². The van der Waals surface area contributed by atoms with Gasteiger partial charge >= 0.3 is 0 Å². The lowest BCUT2D eigenvalue weighted by atomic mass is 9.85. The average Bonchev–Trinajstić information content (AvgIpc) is 3.44. The predicted molar refractivity (Wildman–Crippen MR) is 110 cm³/mol. The number of primary amides is 1.